The largest absolute Gasteiger partial charge is 0.494 e. The van der Waals surface area contributed by atoms with E-state index in [2.05, 4.69) is 5.32 Å². The molecule has 154 valence electrons. The van der Waals surface area contributed by atoms with Crippen LogP contribution in [0.4, 0.5) is 10.1 Å². The molecule has 3 rings (SSSR count). The number of rotatable bonds is 6. The van der Waals surface area contributed by atoms with Crippen LogP contribution in [-0.2, 0) is 4.74 Å². The zero-order chi connectivity index (χ0) is 21.7. The molecule has 0 aromatic heterocycles. The van der Waals surface area contributed by atoms with Crippen LogP contribution >= 0.6 is 11.6 Å². The van der Waals surface area contributed by atoms with Gasteiger partial charge in [-0.25, -0.2) is 9.18 Å². The summed E-state index contributed by atoms with van der Waals surface area (Å²) >= 11 is 6.27. The highest BCUT2D eigenvalue weighted by atomic mass is 35.5. The molecule has 0 saturated heterocycles. The Bertz CT molecular complexity index is 1100. The van der Waals surface area contributed by atoms with Crippen molar-refractivity contribution >= 4 is 29.2 Å². The molecule has 30 heavy (non-hydrogen) atoms. The second kappa shape index (κ2) is 9.41. The summed E-state index contributed by atoms with van der Waals surface area (Å²) in [5.74, 6) is -1.17. The molecule has 0 atom stereocenters. The number of ether oxygens (including phenoxy) is 2. The number of amides is 1. The lowest BCUT2D eigenvalue weighted by atomic mass is 10.0. The van der Waals surface area contributed by atoms with Crippen LogP contribution in [0.5, 0.6) is 5.75 Å². The van der Waals surface area contributed by atoms with E-state index in [-0.39, 0.29) is 21.8 Å². The lowest BCUT2D eigenvalue weighted by Crippen LogP contribution is -2.18. The maximum absolute atomic E-state index is 14.1. The molecule has 3 aromatic rings. The number of nitrogens with one attached hydrogen (secondary N) is 1. The van der Waals surface area contributed by atoms with Crippen molar-refractivity contribution in [2.45, 2.75) is 6.92 Å². The Hall–Kier alpha value is -3.38. The number of halogens is 2. The molecule has 1 amide bonds. The van der Waals surface area contributed by atoms with Crippen LogP contribution in [0.15, 0.2) is 60.7 Å². The average molecular weight is 428 g/mol. The third-order valence-corrected chi connectivity index (χ3v) is 4.62. The molecule has 0 spiro atoms. The van der Waals surface area contributed by atoms with Crippen LogP contribution in [0.3, 0.4) is 0 Å². The topological polar surface area (TPSA) is 64.6 Å². The van der Waals surface area contributed by atoms with Gasteiger partial charge in [-0.1, -0.05) is 35.9 Å². The van der Waals surface area contributed by atoms with Gasteiger partial charge in [0.25, 0.3) is 5.91 Å². The molecular formula is C23H19ClFNO4. The van der Waals surface area contributed by atoms with Crippen molar-refractivity contribution in [3.63, 3.8) is 0 Å². The molecule has 0 radical (unpaired) electrons. The molecule has 0 aliphatic heterocycles. The maximum Gasteiger partial charge on any atom is 0.338 e. The molecule has 3 aromatic carbocycles. The van der Waals surface area contributed by atoms with Crippen LogP contribution in [0.25, 0.3) is 11.1 Å². The highest BCUT2D eigenvalue weighted by Gasteiger charge is 2.20. The van der Waals surface area contributed by atoms with Gasteiger partial charge in [-0.2, -0.15) is 0 Å². The van der Waals surface area contributed by atoms with Crippen LogP contribution < -0.4 is 10.1 Å². The van der Waals surface area contributed by atoms with Gasteiger partial charge in [-0.3, -0.25) is 4.79 Å². The maximum atomic E-state index is 14.1. The van der Waals surface area contributed by atoms with Crippen LogP contribution in [0.2, 0.25) is 5.02 Å². The summed E-state index contributed by atoms with van der Waals surface area (Å²) in [5, 5.41) is 2.73. The van der Waals surface area contributed by atoms with E-state index in [0.717, 1.165) is 6.07 Å². The van der Waals surface area contributed by atoms with Gasteiger partial charge < -0.3 is 14.8 Å². The Morgan fingerprint density at radius 2 is 1.77 bits per heavy atom. The van der Waals surface area contributed by atoms with Crippen LogP contribution in [-0.4, -0.2) is 25.6 Å². The number of anilines is 1. The molecule has 0 aliphatic rings. The van der Waals surface area contributed by atoms with Crippen molar-refractivity contribution in [2.75, 3.05) is 19.0 Å². The third-order valence-electron chi connectivity index (χ3n) is 4.33. The fraction of sp³-hybridized carbons (Fsp3) is 0.130. The Labute approximate surface area is 178 Å². The monoisotopic (exact) mass is 427 g/mol. The van der Waals surface area contributed by atoms with E-state index >= 15 is 0 Å². The van der Waals surface area contributed by atoms with E-state index in [4.69, 9.17) is 21.1 Å². The number of methoxy groups -OCH3 is 1. The fourth-order valence-electron chi connectivity index (χ4n) is 3.00. The number of benzene rings is 3. The van der Waals surface area contributed by atoms with Crippen molar-refractivity contribution < 1.29 is 23.5 Å². The molecule has 5 nitrogen and oxygen atoms in total. The molecule has 0 saturated carbocycles. The second-order valence-electron chi connectivity index (χ2n) is 6.26. The molecule has 0 bridgehead atoms. The average Bonchev–Trinajstić information content (AvgIpc) is 2.75. The number of hydrogen-bond acceptors (Lipinski definition) is 4. The Morgan fingerprint density at radius 1 is 1.03 bits per heavy atom. The van der Waals surface area contributed by atoms with Gasteiger partial charge in [-0.15, -0.1) is 0 Å². The van der Waals surface area contributed by atoms with Gasteiger partial charge in [0.2, 0.25) is 0 Å². The van der Waals surface area contributed by atoms with Crippen LogP contribution in [0.1, 0.15) is 27.6 Å². The summed E-state index contributed by atoms with van der Waals surface area (Å²) in [4.78, 5) is 24.9. The van der Waals surface area contributed by atoms with Crippen molar-refractivity contribution in [2.24, 2.45) is 0 Å². The standard InChI is InChI=1S/C23H19ClFNO4/c1-3-30-16-8-6-7-14(11-16)19-12-15(25)13-20(24)21(19)26-22(27)17-9-4-5-10-18(17)23(28)29-2/h4-13H,3H2,1-2H3,(H,26,27). The van der Waals surface area contributed by atoms with Gasteiger partial charge >= 0.3 is 5.97 Å². The Kier molecular flexibility index (Phi) is 6.69. The van der Waals surface area contributed by atoms with Gasteiger partial charge in [0.05, 0.1) is 35.6 Å². The number of hydrogen-bond donors (Lipinski definition) is 1. The zero-order valence-corrected chi connectivity index (χ0v) is 17.1. The predicted molar refractivity (Wildman–Crippen MR) is 114 cm³/mol. The zero-order valence-electron chi connectivity index (χ0n) is 16.4. The Balaban J connectivity index is 2.05. The summed E-state index contributed by atoms with van der Waals surface area (Å²) < 4.78 is 24.4. The van der Waals surface area contributed by atoms with Gasteiger partial charge in [0, 0.05) is 5.56 Å². The molecule has 0 aliphatic carbocycles. The highest BCUT2D eigenvalue weighted by Crippen LogP contribution is 2.37. The molecule has 0 unspecified atom stereocenters. The molecule has 0 heterocycles. The first-order valence-electron chi connectivity index (χ1n) is 9.15. The lowest BCUT2D eigenvalue weighted by Gasteiger charge is -2.15. The van der Waals surface area contributed by atoms with Gasteiger partial charge in [0.1, 0.15) is 11.6 Å². The molecule has 0 fully saturated rings. The fourth-order valence-corrected chi connectivity index (χ4v) is 3.25. The molecule has 7 heteroatoms. The SMILES string of the molecule is CCOc1cccc(-c2cc(F)cc(Cl)c2NC(=O)c2ccccc2C(=O)OC)c1. The summed E-state index contributed by atoms with van der Waals surface area (Å²) in [5.41, 5.74) is 1.43. The number of esters is 1. The second-order valence-corrected chi connectivity index (χ2v) is 6.67. The van der Waals surface area contributed by atoms with Gasteiger partial charge in [0.15, 0.2) is 0 Å². The van der Waals surface area contributed by atoms with Gasteiger partial charge in [-0.05, 0) is 48.9 Å². The highest BCUT2D eigenvalue weighted by molar-refractivity contribution is 6.35. The van der Waals surface area contributed by atoms with E-state index in [0.29, 0.717) is 23.5 Å². The minimum absolute atomic E-state index is 0.0238. The predicted octanol–water partition coefficient (Wildman–Crippen LogP) is 5.58. The van der Waals surface area contributed by atoms with E-state index in [9.17, 15) is 14.0 Å². The smallest absolute Gasteiger partial charge is 0.338 e. The van der Waals surface area contributed by atoms with E-state index < -0.39 is 17.7 Å². The quantitative estimate of drug-likeness (QED) is 0.521. The summed E-state index contributed by atoms with van der Waals surface area (Å²) in [7, 11) is 1.23. The normalized spacial score (nSPS) is 10.4. The summed E-state index contributed by atoms with van der Waals surface area (Å²) in [6.07, 6.45) is 0. The lowest BCUT2D eigenvalue weighted by molar-refractivity contribution is 0.0597. The molecule has 1 N–H and O–H groups in total. The first-order valence-corrected chi connectivity index (χ1v) is 9.53. The number of carbonyl (C=O) groups excluding carboxylic acids is 2. The Morgan fingerprint density at radius 3 is 2.47 bits per heavy atom. The first kappa shape index (κ1) is 21.3. The minimum atomic E-state index is -0.643. The molecular weight excluding hydrogens is 409 g/mol. The van der Waals surface area contributed by atoms with E-state index in [1.54, 1.807) is 36.4 Å². The van der Waals surface area contributed by atoms with Crippen LogP contribution in [0, 0.1) is 5.82 Å². The summed E-state index contributed by atoms with van der Waals surface area (Å²) in [6, 6.07) is 15.6. The van der Waals surface area contributed by atoms with Crippen molar-refractivity contribution in [1.29, 1.82) is 0 Å². The summed E-state index contributed by atoms with van der Waals surface area (Å²) in [6.45, 7) is 2.33. The van der Waals surface area contributed by atoms with E-state index in [1.807, 2.05) is 6.92 Å². The number of carbonyl (C=O) groups is 2. The minimum Gasteiger partial charge on any atom is -0.494 e. The van der Waals surface area contributed by atoms with E-state index in [1.165, 1.54) is 25.3 Å². The third kappa shape index (κ3) is 4.60. The first-order chi connectivity index (χ1) is 14.4. The van der Waals surface area contributed by atoms with Crippen molar-refractivity contribution in [1.82, 2.24) is 0 Å². The van der Waals surface area contributed by atoms with Crippen molar-refractivity contribution in [3.05, 3.63) is 82.6 Å². The van der Waals surface area contributed by atoms with Crippen molar-refractivity contribution in [3.8, 4) is 16.9 Å².